The molecule has 3 rings (SSSR count). The maximum absolute atomic E-state index is 11.8. The third kappa shape index (κ3) is 2.92. The van der Waals surface area contributed by atoms with Gasteiger partial charge in [-0.3, -0.25) is 9.59 Å². The summed E-state index contributed by atoms with van der Waals surface area (Å²) in [6.07, 6.45) is 4.00. The highest BCUT2D eigenvalue weighted by atomic mass is 35.5. The van der Waals surface area contributed by atoms with Crippen molar-refractivity contribution in [2.75, 3.05) is 10.6 Å². The van der Waals surface area contributed by atoms with Gasteiger partial charge in [-0.25, -0.2) is 4.21 Å². The molecule has 1 aliphatic carbocycles. The van der Waals surface area contributed by atoms with Gasteiger partial charge in [0.15, 0.2) is 16.8 Å². The van der Waals surface area contributed by atoms with Gasteiger partial charge in [-0.05, 0) is 25.0 Å². The van der Waals surface area contributed by atoms with Crippen LogP contribution in [0.1, 0.15) is 25.7 Å². The lowest BCUT2D eigenvalue weighted by Gasteiger charge is -2.19. The van der Waals surface area contributed by atoms with E-state index < -0.39 is 27.7 Å². The Morgan fingerprint density at radius 3 is 2.38 bits per heavy atom. The number of aromatic hydroxyl groups is 1. The van der Waals surface area contributed by atoms with Gasteiger partial charge in [-0.15, -0.1) is 0 Å². The Kier molecular flexibility index (Phi) is 4.62. The van der Waals surface area contributed by atoms with E-state index >= 15 is 0 Å². The number of rotatable bonds is 5. The first-order chi connectivity index (χ1) is 11.4. The summed E-state index contributed by atoms with van der Waals surface area (Å²) < 4.78 is 20.5. The number of hydrogen-bond acceptors (Lipinski definition) is 6. The maximum atomic E-state index is 11.8. The van der Waals surface area contributed by atoms with E-state index in [0.717, 1.165) is 25.7 Å². The third-order valence-corrected chi connectivity index (χ3v) is 5.32. The average Bonchev–Trinajstić information content (AvgIpc) is 3.05. The van der Waals surface area contributed by atoms with E-state index in [1.807, 2.05) is 0 Å². The largest absolute Gasteiger partial charge is 0.504 e. The number of halogens is 1. The normalized spacial score (nSPS) is 16.4. The van der Waals surface area contributed by atoms with Crippen LogP contribution in [0.3, 0.4) is 0 Å². The zero-order chi connectivity index (χ0) is 17.4. The smallest absolute Gasteiger partial charge is 0.253 e. The van der Waals surface area contributed by atoms with Crippen molar-refractivity contribution in [2.24, 2.45) is 0 Å². The predicted octanol–water partition coefficient (Wildman–Crippen LogP) is 2.32. The highest BCUT2D eigenvalue weighted by Gasteiger charge is 2.26. The molecule has 1 fully saturated rings. The molecule has 0 amide bonds. The zero-order valence-corrected chi connectivity index (χ0v) is 14.0. The van der Waals surface area contributed by atoms with Crippen LogP contribution in [-0.2, 0) is 11.1 Å². The number of hydrogen-bond donors (Lipinski definition) is 4. The van der Waals surface area contributed by atoms with Crippen LogP contribution in [0, 0.1) is 0 Å². The Bertz CT molecular complexity index is 885. The van der Waals surface area contributed by atoms with Gasteiger partial charge >= 0.3 is 0 Å². The molecule has 9 heteroatoms. The van der Waals surface area contributed by atoms with E-state index in [9.17, 15) is 23.5 Å². The number of phenols is 1. The number of benzene rings is 1. The first-order valence-corrected chi connectivity index (χ1v) is 8.87. The van der Waals surface area contributed by atoms with Gasteiger partial charge in [0.05, 0.1) is 10.7 Å². The van der Waals surface area contributed by atoms with E-state index in [2.05, 4.69) is 10.6 Å². The zero-order valence-electron chi connectivity index (χ0n) is 12.5. The van der Waals surface area contributed by atoms with E-state index in [4.69, 9.17) is 11.6 Å². The summed E-state index contributed by atoms with van der Waals surface area (Å²) in [5, 5.41) is 15.7. The summed E-state index contributed by atoms with van der Waals surface area (Å²) >= 11 is 3.29. The van der Waals surface area contributed by atoms with Gasteiger partial charge in [-0.2, -0.15) is 0 Å². The van der Waals surface area contributed by atoms with Gasteiger partial charge in [0.25, 0.3) is 10.9 Å². The molecule has 0 spiro atoms. The SMILES string of the molecule is O=c1c(Nc2ccc(Cl)c(S(=O)O)c2O)c(NC2CCCC2)c1=O. The van der Waals surface area contributed by atoms with Crippen LogP contribution in [0.25, 0.3) is 0 Å². The lowest BCUT2D eigenvalue weighted by atomic mass is 10.1. The van der Waals surface area contributed by atoms with Gasteiger partial charge in [0.2, 0.25) is 0 Å². The standard InChI is InChI=1S/C15H15ClN2O5S/c16-8-5-6-9(12(19)15(8)24(22)23)18-11-10(13(20)14(11)21)17-7-3-1-2-4-7/h5-7,17-19H,1-4H2,(H,22,23). The first-order valence-electron chi connectivity index (χ1n) is 7.39. The maximum Gasteiger partial charge on any atom is 0.253 e. The van der Waals surface area contributed by atoms with Crippen molar-refractivity contribution in [3.8, 4) is 5.75 Å². The Balaban J connectivity index is 1.91. The molecule has 24 heavy (non-hydrogen) atoms. The number of anilines is 3. The van der Waals surface area contributed by atoms with E-state index in [1.54, 1.807) is 0 Å². The van der Waals surface area contributed by atoms with E-state index in [-0.39, 0.29) is 33.0 Å². The molecule has 0 aliphatic heterocycles. The third-order valence-electron chi connectivity index (χ3n) is 4.13. The number of phenolic OH excluding ortho intramolecular Hbond substituents is 1. The fourth-order valence-electron chi connectivity index (χ4n) is 2.87. The quantitative estimate of drug-likeness (QED) is 0.362. The molecule has 0 aromatic heterocycles. The van der Waals surface area contributed by atoms with Crippen LogP contribution in [0.4, 0.5) is 17.1 Å². The topological polar surface area (TPSA) is 116 Å². The predicted molar refractivity (Wildman–Crippen MR) is 92.7 cm³/mol. The molecular weight excluding hydrogens is 356 g/mol. The second-order valence-electron chi connectivity index (χ2n) is 5.68. The van der Waals surface area contributed by atoms with Crippen molar-refractivity contribution in [1.29, 1.82) is 0 Å². The number of nitrogens with one attached hydrogen (secondary N) is 2. The molecular formula is C15H15ClN2O5S. The molecule has 2 aromatic carbocycles. The fraction of sp³-hybridized carbons (Fsp3) is 0.333. The Labute approximate surface area is 144 Å². The summed E-state index contributed by atoms with van der Waals surface area (Å²) in [5.41, 5.74) is -1.05. The summed E-state index contributed by atoms with van der Waals surface area (Å²) in [6, 6.07) is 2.83. The molecule has 0 saturated heterocycles. The Morgan fingerprint density at radius 1 is 1.12 bits per heavy atom. The summed E-state index contributed by atoms with van der Waals surface area (Å²) in [5.74, 6) is -0.539. The van der Waals surface area contributed by atoms with Gasteiger partial charge in [0.1, 0.15) is 16.3 Å². The second-order valence-corrected chi connectivity index (χ2v) is 6.99. The molecule has 7 nitrogen and oxygen atoms in total. The van der Waals surface area contributed by atoms with Gasteiger partial charge in [-0.1, -0.05) is 24.4 Å². The lowest BCUT2D eigenvalue weighted by molar-refractivity contribution is 0.459. The molecule has 128 valence electrons. The van der Waals surface area contributed by atoms with Crippen molar-refractivity contribution in [3.05, 3.63) is 37.6 Å². The van der Waals surface area contributed by atoms with Crippen LogP contribution in [-0.4, -0.2) is 19.9 Å². The van der Waals surface area contributed by atoms with Crippen LogP contribution < -0.4 is 21.5 Å². The van der Waals surface area contributed by atoms with E-state index in [1.165, 1.54) is 12.1 Å². The fourth-order valence-corrected chi connectivity index (χ4v) is 3.73. The molecule has 4 N–H and O–H groups in total. The van der Waals surface area contributed by atoms with Crippen molar-refractivity contribution >= 4 is 39.7 Å². The second kappa shape index (κ2) is 6.54. The highest BCUT2D eigenvalue weighted by molar-refractivity contribution is 7.79. The average molecular weight is 371 g/mol. The molecule has 0 heterocycles. The molecule has 1 saturated carbocycles. The summed E-state index contributed by atoms with van der Waals surface area (Å²) in [4.78, 5) is 23.2. The minimum Gasteiger partial charge on any atom is -0.504 e. The minimum atomic E-state index is -2.49. The Hall–Kier alpha value is -1.90. The van der Waals surface area contributed by atoms with Gasteiger partial charge < -0.3 is 20.3 Å². The lowest BCUT2D eigenvalue weighted by Crippen LogP contribution is -2.38. The van der Waals surface area contributed by atoms with Crippen LogP contribution in [0.15, 0.2) is 26.6 Å². The van der Waals surface area contributed by atoms with Crippen molar-refractivity contribution in [2.45, 2.75) is 36.6 Å². The molecule has 1 aliphatic rings. The molecule has 1 atom stereocenters. The molecule has 0 radical (unpaired) electrons. The minimum absolute atomic E-state index is 0.0263. The van der Waals surface area contributed by atoms with Crippen LogP contribution in [0.5, 0.6) is 5.75 Å². The summed E-state index contributed by atoms with van der Waals surface area (Å²) in [7, 11) is 0. The Morgan fingerprint density at radius 2 is 1.75 bits per heavy atom. The van der Waals surface area contributed by atoms with Crippen molar-refractivity contribution < 1.29 is 13.9 Å². The molecule has 2 aromatic rings. The highest BCUT2D eigenvalue weighted by Crippen LogP contribution is 2.37. The first kappa shape index (κ1) is 16.9. The molecule has 0 bridgehead atoms. The van der Waals surface area contributed by atoms with Crippen LogP contribution >= 0.6 is 11.6 Å². The van der Waals surface area contributed by atoms with Crippen LogP contribution in [0.2, 0.25) is 5.02 Å². The molecule has 1 unspecified atom stereocenters. The van der Waals surface area contributed by atoms with Crippen molar-refractivity contribution in [1.82, 2.24) is 0 Å². The van der Waals surface area contributed by atoms with Crippen molar-refractivity contribution in [3.63, 3.8) is 0 Å². The monoisotopic (exact) mass is 370 g/mol. The summed E-state index contributed by atoms with van der Waals surface area (Å²) in [6.45, 7) is 0. The van der Waals surface area contributed by atoms with E-state index in [0.29, 0.717) is 0 Å². The van der Waals surface area contributed by atoms with Gasteiger partial charge in [0, 0.05) is 6.04 Å².